The van der Waals surface area contributed by atoms with Gasteiger partial charge in [0.1, 0.15) is 5.69 Å². The highest BCUT2D eigenvalue weighted by Crippen LogP contribution is 2.20. The highest BCUT2D eigenvalue weighted by atomic mass is 19.3. The molecule has 2 rings (SSSR count). The number of H-pyrrole nitrogens is 1. The molecule has 0 bridgehead atoms. The first-order valence-electron chi connectivity index (χ1n) is 6.71. The van der Waals surface area contributed by atoms with Gasteiger partial charge in [-0.05, 0) is 18.4 Å². The summed E-state index contributed by atoms with van der Waals surface area (Å²) in [5.74, 6) is 0.106. The summed E-state index contributed by atoms with van der Waals surface area (Å²) in [6.07, 6.45) is -1.84. The predicted molar refractivity (Wildman–Crippen MR) is 68.6 cm³/mol. The zero-order valence-electron chi connectivity index (χ0n) is 11.6. The predicted octanol–water partition coefficient (Wildman–Crippen LogP) is 2.23. The Morgan fingerprint density at radius 3 is 2.95 bits per heavy atom. The Hall–Kier alpha value is -1.50. The number of hydrogen-bond donors (Lipinski definition) is 1. The lowest BCUT2D eigenvalue weighted by Gasteiger charge is -2.36. The first-order chi connectivity index (χ1) is 9.49. The SMILES string of the molecule is CC(C)CC1COCCN1C(=O)c1cc(C(F)F)[nH]n1. The maximum Gasteiger partial charge on any atom is 0.279 e. The first kappa shape index (κ1) is 14.9. The van der Waals surface area contributed by atoms with Gasteiger partial charge < -0.3 is 9.64 Å². The van der Waals surface area contributed by atoms with Crippen LogP contribution in [-0.2, 0) is 4.74 Å². The average molecular weight is 287 g/mol. The van der Waals surface area contributed by atoms with Gasteiger partial charge in [0.25, 0.3) is 12.3 Å². The number of nitrogens with one attached hydrogen (secondary N) is 1. The van der Waals surface area contributed by atoms with Crippen molar-refractivity contribution in [3.05, 3.63) is 17.5 Å². The summed E-state index contributed by atoms with van der Waals surface area (Å²) in [5.41, 5.74) is -0.294. The maximum atomic E-state index is 12.5. The van der Waals surface area contributed by atoms with Crippen LogP contribution in [0.4, 0.5) is 8.78 Å². The Morgan fingerprint density at radius 2 is 2.35 bits per heavy atom. The number of aromatic nitrogens is 2. The van der Waals surface area contributed by atoms with E-state index in [2.05, 4.69) is 24.0 Å². The molecule has 2 heterocycles. The molecule has 1 aliphatic heterocycles. The van der Waals surface area contributed by atoms with Crippen molar-refractivity contribution in [1.29, 1.82) is 0 Å². The number of hydrogen-bond acceptors (Lipinski definition) is 3. The van der Waals surface area contributed by atoms with Crippen LogP contribution in [0.2, 0.25) is 0 Å². The molecule has 0 aliphatic carbocycles. The standard InChI is InChI=1S/C13H19F2N3O2/c1-8(2)5-9-7-20-4-3-18(9)13(19)11-6-10(12(14)15)16-17-11/h6,8-9,12H,3-5,7H2,1-2H3,(H,16,17). The Kier molecular flexibility index (Phi) is 4.69. The van der Waals surface area contributed by atoms with Crippen LogP contribution >= 0.6 is 0 Å². The molecular weight excluding hydrogens is 268 g/mol. The van der Waals surface area contributed by atoms with Crippen molar-refractivity contribution < 1.29 is 18.3 Å². The Balaban J connectivity index is 2.12. The third-order valence-electron chi connectivity index (χ3n) is 3.28. The molecule has 0 saturated carbocycles. The molecule has 7 heteroatoms. The monoisotopic (exact) mass is 287 g/mol. The van der Waals surface area contributed by atoms with Crippen molar-refractivity contribution in [2.45, 2.75) is 32.7 Å². The van der Waals surface area contributed by atoms with Crippen molar-refractivity contribution >= 4 is 5.91 Å². The van der Waals surface area contributed by atoms with E-state index in [1.165, 1.54) is 0 Å². The van der Waals surface area contributed by atoms with Gasteiger partial charge in [-0.3, -0.25) is 9.89 Å². The summed E-state index contributed by atoms with van der Waals surface area (Å²) in [4.78, 5) is 14.0. The van der Waals surface area contributed by atoms with Gasteiger partial charge in [0.15, 0.2) is 5.69 Å². The van der Waals surface area contributed by atoms with Gasteiger partial charge in [0.2, 0.25) is 0 Å². The fraction of sp³-hybridized carbons (Fsp3) is 0.692. The largest absolute Gasteiger partial charge is 0.377 e. The number of halogens is 2. The van der Waals surface area contributed by atoms with Gasteiger partial charge in [-0.25, -0.2) is 8.78 Å². The van der Waals surface area contributed by atoms with Gasteiger partial charge in [-0.2, -0.15) is 5.10 Å². The summed E-state index contributed by atoms with van der Waals surface area (Å²) in [6.45, 7) is 5.55. The highest BCUT2D eigenvalue weighted by molar-refractivity contribution is 5.92. The van der Waals surface area contributed by atoms with Crippen LogP contribution in [0.5, 0.6) is 0 Å². The van der Waals surface area contributed by atoms with Gasteiger partial charge in [0.05, 0.1) is 19.3 Å². The number of rotatable bonds is 4. The van der Waals surface area contributed by atoms with E-state index in [0.29, 0.717) is 25.7 Å². The number of ether oxygens (including phenoxy) is 1. The van der Waals surface area contributed by atoms with E-state index in [9.17, 15) is 13.6 Å². The number of aromatic amines is 1. The molecule has 0 spiro atoms. The van der Waals surface area contributed by atoms with Crippen molar-refractivity contribution in [1.82, 2.24) is 15.1 Å². The lowest BCUT2D eigenvalue weighted by atomic mass is 10.0. The molecule has 0 aromatic carbocycles. The third-order valence-corrected chi connectivity index (χ3v) is 3.28. The van der Waals surface area contributed by atoms with E-state index in [1.807, 2.05) is 0 Å². The summed E-state index contributed by atoms with van der Waals surface area (Å²) < 4.78 is 30.4. The van der Waals surface area contributed by atoms with Gasteiger partial charge in [-0.15, -0.1) is 0 Å². The van der Waals surface area contributed by atoms with E-state index in [4.69, 9.17) is 4.74 Å². The number of carbonyl (C=O) groups is 1. The molecule has 1 aromatic heterocycles. The molecule has 1 N–H and O–H groups in total. The second kappa shape index (κ2) is 6.30. The number of alkyl halides is 2. The van der Waals surface area contributed by atoms with Crippen LogP contribution in [-0.4, -0.2) is 46.8 Å². The topological polar surface area (TPSA) is 58.2 Å². The molecule has 0 radical (unpaired) electrons. The zero-order valence-corrected chi connectivity index (χ0v) is 11.6. The maximum absolute atomic E-state index is 12.5. The Bertz CT molecular complexity index is 462. The minimum Gasteiger partial charge on any atom is -0.377 e. The number of nitrogens with zero attached hydrogens (tertiary/aromatic N) is 2. The van der Waals surface area contributed by atoms with E-state index in [0.717, 1.165) is 12.5 Å². The van der Waals surface area contributed by atoms with Crippen LogP contribution in [0.25, 0.3) is 0 Å². The van der Waals surface area contributed by atoms with Crippen LogP contribution in [0.1, 0.15) is 42.9 Å². The molecule has 1 atom stereocenters. The minimum absolute atomic E-state index is 0.0250. The van der Waals surface area contributed by atoms with E-state index in [-0.39, 0.29) is 23.3 Å². The van der Waals surface area contributed by atoms with Crippen LogP contribution in [0, 0.1) is 5.92 Å². The normalized spacial score (nSPS) is 19.9. The average Bonchev–Trinajstić information content (AvgIpc) is 2.87. The summed E-state index contributed by atoms with van der Waals surface area (Å²) in [5, 5.41) is 5.89. The molecule has 20 heavy (non-hydrogen) atoms. The van der Waals surface area contributed by atoms with Gasteiger partial charge >= 0.3 is 0 Å². The smallest absolute Gasteiger partial charge is 0.279 e. The van der Waals surface area contributed by atoms with E-state index >= 15 is 0 Å². The van der Waals surface area contributed by atoms with E-state index in [1.54, 1.807) is 4.90 Å². The Labute approximate surface area is 116 Å². The lowest BCUT2D eigenvalue weighted by molar-refractivity contribution is -0.00776. The molecule has 1 aromatic rings. The first-order valence-corrected chi connectivity index (χ1v) is 6.71. The second-order valence-corrected chi connectivity index (χ2v) is 5.37. The quantitative estimate of drug-likeness (QED) is 0.924. The molecule has 1 amide bonds. The van der Waals surface area contributed by atoms with Gasteiger partial charge in [-0.1, -0.05) is 13.8 Å². The van der Waals surface area contributed by atoms with Crippen molar-refractivity contribution in [2.75, 3.05) is 19.8 Å². The van der Waals surface area contributed by atoms with Gasteiger partial charge in [0, 0.05) is 6.54 Å². The fourth-order valence-electron chi connectivity index (χ4n) is 2.37. The molecular formula is C13H19F2N3O2. The van der Waals surface area contributed by atoms with Crippen LogP contribution in [0.15, 0.2) is 6.07 Å². The minimum atomic E-state index is -2.65. The molecule has 1 aliphatic rings. The summed E-state index contributed by atoms with van der Waals surface area (Å²) in [7, 11) is 0. The van der Waals surface area contributed by atoms with Crippen molar-refractivity contribution in [2.24, 2.45) is 5.92 Å². The molecule has 112 valence electrons. The number of morpholine rings is 1. The molecule has 1 fully saturated rings. The zero-order chi connectivity index (χ0) is 14.7. The molecule has 5 nitrogen and oxygen atoms in total. The van der Waals surface area contributed by atoms with Crippen LogP contribution < -0.4 is 0 Å². The highest BCUT2D eigenvalue weighted by Gasteiger charge is 2.30. The number of carbonyl (C=O) groups excluding carboxylic acids is 1. The van der Waals surface area contributed by atoms with Crippen molar-refractivity contribution in [3.8, 4) is 0 Å². The van der Waals surface area contributed by atoms with E-state index < -0.39 is 6.43 Å². The summed E-state index contributed by atoms with van der Waals surface area (Å²) in [6, 6.07) is 1.09. The number of amides is 1. The molecule has 1 unspecified atom stereocenters. The molecule has 1 saturated heterocycles. The van der Waals surface area contributed by atoms with Crippen LogP contribution in [0.3, 0.4) is 0 Å². The second-order valence-electron chi connectivity index (χ2n) is 5.37. The third kappa shape index (κ3) is 3.33. The fourth-order valence-corrected chi connectivity index (χ4v) is 2.37. The van der Waals surface area contributed by atoms with Crippen molar-refractivity contribution in [3.63, 3.8) is 0 Å². The lowest BCUT2D eigenvalue weighted by Crippen LogP contribution is -2.49. The summed E-state index contributed by atoms with van der Waals surface area (Å²) >= 11 is 0. The Morgan fingerprint density at radius 1 is 1.60 bits per heavy atom.